The smallest absolute Gasteiger partial charge is 0.351 e. The second-order valence-corrected chi connectivity index (χ2v) is 6.23. The van der Waals surface area contributed by atoms with E-state index in [0.29, 0.717) is 41.9 Å². The largest absolute Gasteiger partial charge is 0.490 e. The van der Waals surface area contributed by atoms with Crippen LogP contribution in [0.5, 0.6) is 23.0 Å². The molecule has 28 heavy (non-hydrogen) atoms. The third-order valence-corrected chi connectivity index (χ3v) is 4.15. The van der Waals surface area contributed by atoms with Gasteiger partial charge < -0.3 is 29.0 Å². The normalized spacial score (nSPS) is 17.2. The number of esters is 1. The summed E-state index contributed by atoms with van der Waals surface area (Å²) in [6, 6.07) is 12.1. The van der Waals surface area contributed by atoms with Crippen LogP contribution in [0.3, 0.4) is 0 Å². The molecule has 0 saturated heterocycles. The number of carbonyl (C=O) groups excluding carboxylic acids is 2. The van der Waals surface area contributed by atoms with Gasteiger partial charge in [-0.05, 0) is 24.3 Å². The van der Waals surface area contributed by atoms with Crippen LogP contribution in [0.1, 0.15) is 6.42 Å². The molecule has 2 aliphatic heterocycles. The third kappa shape index (κ3) is 4.11. The number of benzene rings is 2. The summed E-state index contributed by atoms with van der Waals surface area (Å²) in [4.78, 5) is 24.3. The molecule has 1 N–H and O–H groups in total. The number of fused-ring (bicyclic) bond motifs is 2. The highest BCUT2D eigenvalue weighted by Crippen LogP contribution is 2.32. The quantitative estimate of drug-likeness (QED) is 0.807. The molecule has 0 radical (unpaired) electrons. The van der Waals surface area contributed by atoms with Gasteiger partial charge in [0.05, 0.1) is 13.2 Å². The van der Waals surface area contributed by atoms with Crippen molar-refractivity contribution in [3.05, 3.63) is 42.5 Å². The minimum absolute atomic E-state index is 0.0274. The van der Waals surface area contributed by atoms with Gasteiger partial charge in [0.2, 0.25) is 6.10 Å². The van der Waals surface area contributed by atoms with Gasteiger partial charge in [-0.1, -0.05) is 12.1 Å². The Bertz CT molecular complexity index is 883. The van der Waals surface area contributed by atoms with E-state index in [2.05, 4.69) is 5.32 Å². The number of ether oxygens (including phenoxy) is 5. The maximum atomic E-state index is 12.2. The molecule has 1 amide bonds. The van der Waals surface area contributed by atoms with Crippen molar-refractivity contribution in [3.8, 4) is 23.0 Å². The summed E-state index contributed by atoms with van der Waals surface area (Å²) in [5.41, 5.74) is 0.525. The lowest BCUT2D eigenvalue weighted by atomic mass is 10.2. The molecule has 0 fully saturated rings. The van der Waals surface area contributed by atoms with Crippen molar-refractivity contribution in [2.24, 2.45) is 0 Å². The van der Waals surface area contributed by atoms with Crippen molar-refractivity contribution in [2.45, 2.75) is 12.5 Å². The zero-order chi connectivity index (χ0) is 19.3. The number of hydrogen-bond donors (Lipinski definition) is 1. The Balaban J connectivity index is 1.29. The minimum Gasteiger partial charge on any atom is -0.490 e. The Morgan fingerprint density at radius 3 is 2.57 bits per heavy atom. The predicted molar refractivity (Wildman–Crippen MR) is 98.0 cm³/mol. The van der Waals surface area contributed by atoms with E-state index in [9.17, 15) is 9.59 Å². The first kappa shape index (κ1) is 18.0. The average molecular weight is 385 g/mol. The summed E-state index contributed by atoms with van der Waals surface area (Å²) < 4.78 is 27.2. The summed E-state index contributed by atoms with van der Waals surface area (Å²) in [5.74, 6) is 1.10. The molecule has 2 heterocycles. The SMILES string of the molecule is O=C(COC(=O)[C@@H]1COc2ccccc2O1)Nc1ccc2c(c1)OCCCO2. The molecule has 2 aromatic rings. The molecule has 0 aromatic heterocycles. The van der Waals surface area contributed by atoms with Gasteiger partial charge >= 0.3 is 5.97 Å². The molecule has 2 aliphatic rings. The molecule has 0 saturated carbocycles. The lowest BCUT2D eigenvalue weighted by molar-refractivity contribution is -0.156. The Kier molecular flexibility index (Phi) is 5.18. The van der Waals surface area contributed by atoms with Crippen LogP contribution in [-0.2, 0) is 14.3 Å². The Labute approximate surface area is 161 Å². The van der Waals surface area contributed by atoms with Crippen LogP contribution < -0.4 is 24.3 Å². The van der Waals surface area contributed by atoms with E-state index < -0.39 is 24.6 Å². The van der Waals surface area contributed by atoms with Crippen molar-refractivity contribution >= 4 is 17.6 Å². The van der Waals surface area contributed by atoms with Crippen LogP contribution in [0.4, 0.5) is 5.69 Å². The number of nitrogens with one attached hydrogen (secondary N) is 1. The van der Waals surface area contributed by atoms with E-state index in [1.807, 2.05) is 6.07 Å². The van der Waals surface area contributed by atoms with Crippen molar-refractivity contribution in [1.29, 1.82) is 0 Å². The summed E-state index contributed by atoms with van der Waals surface area (Å²) in [5, 5.41) is 2.66. The molecular weight excluding hydrogens is 366 g/mol. The summed E-state index contributed by atoms with van der Waals surface area (Å²) in [6.07, 6.45) is -0.121. The molecule has 146 valence electrons. The number of amides is 1. The van der Waals surface area contributed by atoms with E-state index in [4.69, 9.17) is 23.7 Å². The highest BCUT2D eigenvalue weighted by Gasteiger charge is 2.29. The topological polar surface area (TPSA) is 92.3 Å². The monoisotopic (exact) mass is 385 g/mol. The fourth-order valence-corrected chi connectivity index (χ4v) is 2.80. The van der Waals surface area contributed by atoms with Crippen molar-refractivity contribution in [1.82, 2.24) is 0 Å². The molecule has 4 rings (SSSR count). The van der Waals surface area contributed by atoms with Crippen LogP contribution >= 0.6 is 0 Å². The lowest BCUT2D eigenvalue weighted by Gasteiger charge is -2.24. The number of rotatable bonds is 4. The van der Waals surface area contributed by atoms with Crippen molar-refractivity contribution < 1.29 is 33.3 Å². The standard InChI is InChI=1S/C20H19NO7/c22-19(21-13-6-7-15-17(10-13)25-9-3-8-24-15)12-27-20(23)18-11-26-14-4-1-2-5-16(14)28-18/h1-2,4-7,10,18H,3,8-9,11-12H2,(H,21,22)/t18-/m0/s1. The second kappa shape index (κ2) is 8.08. The molecule has 2 aromatic carbocycles. The highest BCUT2D eigenvalue weighted by atomic mass is 16.6. The summed E-state index contributed by atoms with van der Waals surface area (Å²) in [7, 11) is 0. The number of hydrogen-bond acceptors (Lipinski definition) is 7. The van der Waals surface area contributed by atoms with Gasteiger partial charge in [0.15, 0.2) is 29.6 Å². The first-order valence-electron chi connectivity index (χ1n) is 8.94. The van der Waals surface area contributed by atoms with Gasteiger partial charge in [-0.2, -0.15) is 0 Å². The average Bonchev–Trinajstić information content (AvgIpc) is 2.96. The molecular formula is C20H19NO7. The molecule has 0 bridgehead atoms. The Morgan fingerprint density at radius 1 is 0.964 bits per heavy atom. The van der Waals surface area contributed by atoms with Gasteiger partial charge in [-0.3, -0.25) is 4.79 Å². The first-order chi connectivity index (χ1) is 13.7. The third-order valence-electron chi connectivity index (χ3n) is 4.15. The molecule has 0 spiro atoms. The van der Waals surface area contributed by atoms with Crippen molar-refractivity contribution in [3.63, 3.8) is 0 Å². The van der Waals surface area contributed by atoms with Crippen LogP contribution in [0, 0.1) is 0 Å². The highest BCUT2D eigenvalue weighted by molar-refractivity contribution is 5.93. The first-order valence-corrected chi connectivity index (χ1v) is 8.94. The van der Waals surface area contributed by atoms with Crippen LogP contribution in [0.2, 0.25) is 0 Å². The second-order valence-electron chi connectivity index (χ2n) is 6.23. The maximum absolute atomic E-state index is 12.2. The zero-order valence-electron chi connectivity index (χ0n) is 15.0. The van der Waals surface area contributed by atoms with Crippen LogP contribution in [0.25, 0.3) is 0 Å². The van der Waals surface area contributed by atoms with E-state index in [1.54, 1.807) is 36.4 Å². The molecule has 1 atom stereocenters. The molecule has 0 unspecified atom stereocenters. The maximum Gasteiger partial charge on any atom is 0.351 e. The van der Waals surface area contributed by atoms with Gasteiger partial charge in [-0.15, -0.1) is 0 Å². The number of para-hydroxylation sites is 2. The zero-order valence-corrected chi connectivity index (χ0v) is 15.0. The van der Waals surface area contributed by atoms with Crippen molar-refractivity contribution in [2.75, 3.05) is 31.7 Å². The Morgan fingerprint density at radius 2 is 1.71 bits per heavy atom. The van der Waals surface area contributed by atoms with Crippen LogP contribution in [0.15, 0.2) is 42.5 Å². The van der Waals surface area contributed by atoms with Gasteiger partial charge in [0, 0.05) is 18.2 Å². The molecule has 0 aliphatic carbocycles. The number of carbonyl (C=O) groups is 2. The van der Waals surface area contributed by atoms with E-state index in [0.717, 1.165) is 6.42 Å². The van der Waals surface area contributed by atoms with E-state index in [1.165, 1.54) is 0 Å². The summed E-state index contributed by atoms with van der Waals surface area (Å²) in [6.45, 7) is 0.731. The number of anilines is 1. The lowest BCUT2D eigenvalue weighted by Crippen LogP contribution is -2.39. The van der Waals surface area contributed by atoms with Gasteiger partial charge in [-0.25, -0.2) is 4.79 Å². The fraction of sp³-hybridized carbons (Fsp3) is 0.300. The van der Waals surface area contributed by atoms with Gasteiger partial charge in [0.25, 0.3) is 5.91 Å². The van der Waals surface area contributed by atoms with E-state index in [-0.39, 0.29) is 6.61 Å². The van der Waals surface area contributed by atoms with Gasteiger partial charge in [0.1, 0.15) is 6.61 Å². The van der Waals surface area contributed by atoms with Crippen LogP contribution in [-0.4, -0.2) is 44.4 Å². The summed E-state index contributed by atoms with van der Waals surface area (Å²) >= 11 is 0. The molecule has 8 nitrogen and oxygen atoms in total. The van der Waals surface area contributed by atoms with E-state index >= 15 is 0 Å². The predicted octanol–water partition coefficient (Wildman–Crippen LogP) is 2.17. The fourth-order valence-electron chi connectivity index (χ4n) is 2.80. The Hall–Kier alpha value is -3.42. The minimum atomic E-state index is -0.916. The molecule has 8 heteroatoms.